The summed E-state index contributed by atoms with van der Waals surface area (Å²) in [5.74, 6) is 0. The van der Waals surface area contributed by atoms with Gasteiger partial charge >= 0.3 is 0 Å². The van der Waals surface area contributed by atoms with Crippen LogP contribution in [0.1, 0.15) is 25.3 Å². The molecule has 0 aliphatic heterocycles. The molecule has 0 heteroatoms. The van der Waals surface area contributed by atoms with Crippen LogP contribution in [0.25, 0.3) is 11.1 Å². The van der Waals surface area contributed by atoms with Crippen LogP contribution in [-0.2, 0) is 6.42 Å². The number of rotatable bonds is 4. The van der Waals surface area contributed by atoms with Crippen LogP contribution in [0.2, 0.25) is 0 Å². The smallest absolute Gasteiger partial charge is 0.0143 e. The largest absolute Gasteiger partial charge is 0.0654 e. The summed E-state index contributed by atoms with van der Waals surface area (Å²) in [7, 11) is 0. The molecule has 0 saturated carbocycles. The molecule has 0 unspecified atom stereocenters. The highest BCUT2D eigenvalue weighted by molar-refractivity contribution is 5.63. The molecule has 0 aliphatic rings. The first-order valence-corrected chi connectivity index (χ1v) is 5.96. The Balaban J connectivity index is 2.13. The lowest BCUT2D eigenvalue weighted by Crippen LogP contribution is -1.85. The van der Waals surface area contributed by atoms with Gasteiger partial charge in [-0.2, -0.15) is 0 Å². The summed E-state index contributed by atoms with van der Waals surface area (Å²) in [6.07, 6.45) is 3.64. The first kappa shape index (κ1) is 10.9. The average Bonchev–Trinajstić information content (AvgIpc) is 2.38. The maximum Gasteiger partial charge on any atom is -0.0143 e. The summed E-state index contributed by atoms with van der Waals surface area (Å²) in [6, 6.07) is 20.3. The summed E-state index contributed by atoms with van der Waals surface area (Å²) in [5, 5.41) is 0. The third kappa shape index (κ3) is 2.73. The van der Waals surface area contributed by atoms with E-state index in [9.17, 15) is 0 Å². The summed E-state index contributed by atoms with van der Waals surface area (Å²) in [4.78, 5) is 0. The number of hydrogen-bond acceptors (Lipinski definition) is 0. The van der Waals surface area contributed by atoms with Crippen molar-refractivity contribution in [2.45, 2.75) is 26.2 Å². The zero-order valence-corrected chi connectivity index (χ0v) is 9.74. The van der Waals surface area contributed by atoms with E-state index in [0.29, 0.717) is 0 Å². The van der Waals surface area contributed by atoms with Gasteiger partial charge < -0.3 is 0 Å². The molecule has 0 aromatic heterocycles. The molecule has 0 aliphatic carbocycles. The number of unbranched alkanes of at least 4 members (excludes halogenated alkanes) is 1. The van der Waals surface area contributed by atoms with Crippen molar-refractivity contribution in [3.05, 3.63) is 60.2 Å². The van der Waals surface area contributed by atoms with Gasteiger partial charge in [-0.25, -0.2) is 0 Å². The van der Waals surface area contributed by atoms with Crippen LogP contribution in [0.4, 0.5) is 0 Å². The van der Waals surface area contributed by atoms with Crippen LogP contribution in [0.3, 0.4) is 0 Å². The Morgan fingerprint density at radius 2 is 1.75 bits per heavy atom. The molecule has 0 bridgehead atoms. The predicted molar refractivity (Wildman–Crippen MR) is 69.3 cm³/mol. The van der Waals surface area contributed by atoms with E-state index in [1.807, 2.05) is 6.07 Å². The average molecular weight is 209 g/mol. The van der Waals surface area contributed by atoms with E-state index in [2.05, 4.69) is 55.5 Å². The van der Waals surface area contributed by atoms with E-state index in [0.717, 1.165) is 6.42 Å². The van der Waals surface area contributed by atoms with E-state index in [-0.39, 0.29) is 0 Å². The topological polar surface area (TPSA) is 0 Å². The van der Waals surface area contributed by atoms with Crippen molar-refractivity contribution in [2.24, 2.45) is 0 Å². The number of aryl methyl sites for hydroxylation is 1. The van der Waals surface area contributed by atoms with Crippen molar-refractivity contribution >= 4 is 0 Å². The molecular formula is C16H17. The monoisotopic (exact) mass is 209 g/mol. The summed E-state index contributed by atoms with van der Waals surface area (Å²) in [6.45, 7) is 2.22. The molecule has 0 heterocycles. The lowest BCUT2D eigenvalue weighted by atomic mass is 10.0. The standard InChI is InChI=1S/C16H17/c1-2-3-7-14-10-12-16(13-11-14)15-8-5-4-6-9-15/h4-6,8-10,12-13H,2-3,7H2,1H3. The van der Waals surface area contributed by atoms with Gasteiger partial charge in [0.1, 0.15) is 0 Å². The molecule has 81 valence electrons. The highest BCUT2D eigenvalue weighted by atomic mass is 14.0. The maximum absolute atomic E-state index is 3.37. The van der Waals surface area contributed by atoms with E-state index in [1.54, 1.807) is 0 Å². The highest BCUT2D eigenvalue weighted by Gasteiger charge is 1.97. The van der Waals surface area contributed by atoms with Crippen molar-refractivity contribution in [1.82, 2.24) is 0 Å². The summed E-state index contributed by atoms with van der Waals surface area (Å²) >= 11 is 0. The lowest BCUT2D eigenvalue weighted by molar-refractivity contribution is 0.794. The van der Waals surface area contributed by atoms with Gasteiger partial charge in [0.2, 0.25) is 0 Å². The normalized spacial score (nSPS) is 10.3. The van der Waals surface area contributed by atoms with Crippen LogP contribution in [0.15, 0.2) is 48.5 Å². The minimum Gasteiger partial charge on any atom is -0.0654 e. The number of benzene rings is 2. The molecule has 2 rings (SSSR count). The lowest BCUT2D eigenvalue weighted by Gasteiger charge is -2.03. The van der Waals surface area contributed by atoms with E-state index < -0.39 is 0 Å². The quantitative estimate of drug-likeness (QED) is 0.695. The maximum atomic E-state index is 3.37. The second-order valence-electron chi connectivity index (χ2n) is 4.07. The zero-order valence-electron chi connectivity index (χ0n) is 9.74. The highest BCUT2D eigenvalue weighted by Crippen LogP contribution is 2.19. The van der Waals surface area contributed by atoms with Crippen molar-refractivity contribution < 1.29 is 0 Å². The second kappa shape index (κ2) is 5.50. The van der Waals surface area contributed by atoms with Crippen LogP contribution in [0, 0.1) is 6.07 Å². The van der Waals surface area contributed by atoms with Crippen LogP contribution >= 0.6 is 0 Å². The van der Waals surface area contributed by atoms with Gasteiger partial charge in [-0.3, -0.25) is 0 Å². The van der Waals surface area contributed by atoms with Gasteiger partial charge in [0, 0.05) is 0 Å². The second-order valence-corrected chi connectivity index (χ2v) is 4.07. The summed E-state index contributed by atoms with van der Waals surface area (Å²) < 4.78 is 0. The fourth-order valence-electron chi connectivity index (χ4n) is 1.79. The van der Waals surface area contributed by atoms with Crippen molar-refractivity contribution in [3.8, 4) is 11.1 Å². The van der Waals surface area contributed by atoms with Gasteiger partial charge in [0.25, 0.3) is 0 Å². The third-order valence-electron chi connectivity index (χ3n) is 2.78. The van der Waals surface area contributed by atoms with Gasteiger partial charge in [0.15, 0.2) is 0 Å². The Hall–Kier alpha value is -1.56. The first-order chi connectivity index (χ1) is 7.90. The molecule has 0 atom stereocenters. The minimum absolute atomic E-state index is 1.14. The van der Waals surface area contributed by atoms with Crippen LogP contribution < -0.4 is 0 Å². The van der Waals surface area contributed by atoms with Gasteiger partial charge in [-0.15, -0.1) is 0 Å². The molecule has 0 nitrogen and oxygen atoms in total. The van der Waals surface area contributed by atoms with Crippen LogP contribution in [-0.4, -0.2) is 0 Å². The Kier molecular flexibility index (Phi) is 3.76. The van der Waals surface area contributed by atoms with Gasteiger partial charge in [0.05, 0.1) is 0 Å². The van der Waals surface area contributed by atoms with Crippen molar-refractivity contribution in [1.29, 1.82) is 0 Å². The Morgan fingerprint density at radius 1 is 0.938 bits per heavy atom. The molecule has 2 aromatic rings. The Labute approximate surface area is 97.9 Å². The molecule has 0 fully saturated rings. The minimum atomic E-state index is 1.14. The van der Waals surface area contributed by atoms with Crippen molar-refractivity contribution in [3.63, 3.8) is 0 Å². The molecule has 0 saturated heterocycles. The van der Waals surface area contributed by atoms with E-state index >= 15 is 0 Å². The molecular weight excluding hydrogens is 192 g/mol. The zero-order chi connectivity index (χ0) is 11.2. The van der Waals surface area contributed by atoms with E-state index in [4.69, 9.17) is 0 Å². The van der Waals surface area contributed by atoms with Gasteiger partial charge in [-0.1, -0.05) is 55.8 Å². The molecule has 0 N–H and O–H groups in total. The van der Waals surface area contributed by atoms with Crippen LogP contribution in [0.5, 0.6) is 0 Å². The van der Waals surface area contributed by atoms with Gasteiger partial charge in [-0.05, 0) is 41.7 Å². The molecule has 16 heavy (non-hydrogen) atoms. The molecule has 0 amide bonds. The van der Waals surface area contributed by atoms with E-state index in [1.165, 1.54) is 29.5 Å². The summed E-state index contributed by atoms with van der Waals surface area (Å²) in [5.41, 5.74) is 3.84. The third-order valence-corrected chi connectivity index (χ3v) is 2.78. The fraction of sp³-hybridized carbons (Fsp3) is 0.250. The first-order valence-electron chi connectivity index (χ1n) is 5.96. The Bertz CT molecular complexity index is 412. The Morgan fingerprint density at radius 3 is 2.38 bits per heavy atom. The fourth-order valence-corrected chi connectivity index (χ4v) is 1.79. The molecule has 0 spiro atoms. The molecule has 2 aromatic carbocycles. The molecule has 1 radical (unpaired) electrons. The predicted octanol–water partition coefficient (Wildman–Crippen LogP) is 4.50. The van der Waals surface area contributed by atoms with Crippen molar-refractivity contribution in [2.75, 3.05) is 0 Å². The number of hydrogen-bond donors (Lipinski definition) is 0. The SMILES string of the molecule is CCCCc1[c]cc(-c2ccccc2)cc1.